The van der Waals surface area contributed by atoms with Crippen LogP contribution in [-0.4, -0.2) is 19.9 Å². The average Bonchev–Trinajstić information content (AvgIpc) is 3.84. The van der Waals surface area contributed by atoms with Crippen LogP contribution in [0.25, 0.3) is 44.6 Å². The zero-order valence-corrected chi connectivity index (χ0v) is 34.7. The van der Waals surface area contributed by atoms with Gasteiger partial charge in [0.2, 0.25) is 0 Å². The highest BCUT2D eigenvalue weighted by atomic mass is 16.5. The topological polar surface area (TPSA) is 51.2 Å². The van der Waals surface area contributed by atoms with Gasteiger partial charge >= 0.3 is 0 Å². The fourth-order valence-electron chi connectivity index (χ4n) is 9.65. The molecule has 3 aliphatic rings. The highest BCUT2D eigenvalue weighted by Crippen LogP contribution is 2.48. The van der Waals surface area contributed by atoms with Crippen molar-refractivity contribution in [3.8, 4) is 34.1 Å². The molecular formula is C54H43BN2O4. The Balaban J connectivity index is 1.13. The standard InChI is InChI=1S/C54H43BN2O4/c1-33-25-45-53-46(26-33)57(39-14-9-13-34(27-39)50-29-35-11-5-7-15-47(35)60-50)44-28-37(51-30-36-12-6-8-16-48(36)61-51)17-20-41(44)55(53)42-31-38(54(2,3)4)18-21-43(42)56(45)40-19-22-49-52(32-40)59-24-10-23-58-49/h5-9,11-22,25-32H,10,23-24H2,1-4H3. The van der Waals surface area contributed by atoms with Gasteiger partial charge in [-0.1, -0.05) is 93.6 Å². The van der Waals surface area contributed by atoms with Crippen LogP contribution < -0.4 is 35.7 Å². The Bertz CT molecular complexity index is 3160. The molecule has 296 valence electrons. The van der Waals surface area contributed by atoms with Crippen LogP contribution in [-0.2, 0) is 5.41 Å². The maximum Gasteiger partial charge on any atom is 0.252 e. The third kappa shape index (κ3) is 5.78. The summed E-state index contributed by atoms with van der Waals surface area (Å²) in [5.41, 5.74) is 16.6. The molecule has 0 aliphatic carbocycles. The fourth-order valence-corrected chi connectivity index (χ4v) is 9.65. The summed E-state index contributed by atoms with van der Waals surface area (Å²) in [7, 11) is 0. The molecule has 0 saturated heterocycles. The number of anilines is 6. The van der Waals surface area contributed by atoms with Crippen molar-refractivity contribution in [1.82, 2.24) is 0 Å². The van der Waals surface area contributed by atoms with Gasteiger partial charge in [-0.3, -0.25) is 0 Å². The number of aryl methyl sites for hydroxylation is 1. The third-order valence-electron chi connectivity index (χ3n) is 12.6. The van der Waals surface area contributed by atoms with E-state index in [2.05, 4.69) is 165 Å². The second-order valence-corrected chi connectivity index (χ2v) is 17.6. The molecule has 0 spiro atoms. The maximum absolute atomic E-state index is 6.53. The smallest absolute Gasteiger partial charge is 0.252 e. The lowest BCUT2D eigenvalue weighted by Crippen LogP contribution is -2.61. The van der Waals surface area contributed by atoms with Gasteiger partial charge in [0.1, 0.15) is 22.7 Å². The molecule has 5 heterocycles. The molecule has 61 heavy (non-hydrogen) atoms. The fraction of sp³-hybridized carbons (Fsp3) is 0.148. The molecule has 0 bridgehead atoms. The van der Waals surface area contributed by atoms with E-state index in [0.29, 0.717) is 13.2 Å². The first-order valence-corrected chi connectivity index (χ1v) is 21.3. The van der Waals surface area contributed by atoms with Crippen molar-refractivity contribution in [2.24, 2.45) is 0 Å². The lowest BCUT2D eigenvalue weighted by atomic mass is 9.33. The van der Waals surface area contributed by atoms with Crippen LogP contribution in [0.2, 0.25) is 0 Å². The predicted octanol–water partition coefficient (Wildman–Crippen LogP) is 12.4. The molecule has 2 aromatic heterocycles. The number of para-hydroxylation sites is 2. The van der Waals surface area contributed by atoms with Crippen LogP contribution in [0, 0.1) is 6.92 Å². The molecule has 7 aromatic carbocycles. The van der Waals surface area contributed by atoms with Gasteiger partial charge in [-0.05, 0) is 113 Å². The summed E-state index contributed by atoms with van der Waals surface area (Å²) in [5.74, 6) is 3.24. The monoisotopic (exact) mass is 794 g/mol. The number of furan rings is 2. The van der Waals surface area contributed by atoms with E-state index in [0.717, 1.165) is 102 Å². The molecule has 0 atom stereocenters. The number of hydrogen-bond donors (Lipinski definition) is 0. The van der Waals surface area contributed by atoms with Crippen LogP contribution in [0.3, 0.4) is 0 Å². The van der Waals surface area contributed by atoms with Gasteiger partial charge in [0.15, 0.2) is 11.5 Å². The summed E-state index contributed by atoms with van der Waals surface area (Å²) in [6.45, 7) is 10.3. The molecule has 0 amide bonds. The minimum Gasteiger partial charge on any atom is -0.490 e. The SMILES string of the molecule is Cc1cc2c3c(c1)N(c1cccc(-c4cc5ccccc5o4)c1)c1cc(-c4cc5ccccc5o4)ccc1B3c1cc(C(C)(C)C)ccc1N2c1ccc2c(c1)OCCCO2. The molecule has 9 aromatic rings. The zero-order chi connectivity index (χ0) is 41.0. The Kier molecular flexibility index (Phi) is 7.89. The van der Waals surface area contributed by atoms with Crippen LogP contribution in [0.1, 0.15) is 38.3 Å². The van der Waals surface area contributed by atoms with E-state index in [1.807, 2.05) is 24.3 Å². The highest BCUT2D eigenvalue weighted by molar-refractivity contribution is 7.00. The van der Waals surface area contributed by atoms with E-state index in [1.54, 1.807) is 0 Å². The number of ether oxygens (including phenoxy) is 2. The van der Waals surface area contributed by atoms with Gasteiger partial charge in [0.25, 0.3) is 6.71 Å². The molecule has 0 fully saturated rings. The van der Waals surface area contributed by atoms with Crippen LogP contribution >= 0.6 is 0 Å². The Hall–Kier alpha value is -7.12. The molecule has 0 N–H and O–H groups in total. The van der Waals surface area contributed by atoms with Crippen LogP contribution in [0.5, 0.6) is 11.5 Å². The summed E-state index contributed by atoms with van der Waals surface area (Å²) in [5, 5.41) is 2.17. The molecule has 6 nitrogen and oxygen atoms in total. The first-order valence-electron chi connectivity index (χ1n) is 21.3. The summed E-state index contributed by atoms with van der Waals surface area (Å²) in [4.78, 5) is 4.90. The van der Waals surface area contributed by atoms with Crippen LogP contribution in [0.15, 0.2) is 160 Å². The molecule has 12 rings (SSSR count). The van der Waals surface area contributed by atoms with Gasteiger partial charge in [-0.25, -0.2) is 0 Å². The second-order valence-electron chi connectivity index (χ2n) is 17.6. The molecule has 0 saturated carbocycles. The van der Waals surface area contributed by atoms with Crippen molar-refractivity contribution in [3.05, 3.63) is 163 Å². The van der Waals surface area contributed by atoms with Crippen molar-refractivity contribution >= 4 is 79.2 Å². The van der Waals surface area contributed by atoms with Gasteiger partial charge in [0.05, 0.1) is 18.9 Å². The molecule has 0 radical (unpaired) electrons. The number of hydrogen-bond acceptors (Lipinski definition) is 6. The largest absolute Gasteiger partial charge is 0.490 e. The van der Waals surface area contributed by atoms with Crippen molar-refractivity contribution in [2.75, 3.05) is 23.0 Å². The van der Waals surface area contributed by atoms with E-state index < -0.39 is 0 Å². The predicted molar refractivity (Wildman–Crippen MR) is 250 cm³/mol. The van der Waals surface area contributed by atoms with E-state index >= 15 is 0 Å². The number of benzene rings is 7. The Morgan fingerprint density at radius 1 is 0.508 bits per heavy atom. The summed E-state index contributed by atoms with van der Waals surface area (Å²) in [6, 6.07) is 54.6. The normalized spacial score (nSPS) is 14.2. The first-order chi connectivity index (χ1) is 29.7. The quantitative estimate of drug-likeness (QED) is 0.165. The van der Waals surface area contributed by atoms with Gasteiger partial charge in [-0.15, -0.1) is 0 Å². The zero-order valence-electron chi connectivity index (χ0n) is 34.7. The van der Waals surface area contributed by atoms with Crippen molar-refractivity contribution in [2.45, 2.75) is 39.5 Å². The van der Waals surface area contributed by atoms with Crippen molar-refractivity contribution in [3.63, 3.8) is 0 Å². The van der Waals surface area contributed by atoms with Gasteiger partial charge in [0, 0.05) is 62.8 Å². The van der Waals surface area contributed by atoms with Crippen molar-refractivity contribution in [1.29, 1.82) is 0 Å². The Morgan fingerprint density at radius 3 is 1.87 bits per heavy atom. The lowest BCUT2D eigenvalue weighted by Gasteiger charge is -2.45. The average molecular weight is 795 g/mol. The molecule has 3 aliphatic heterocycles. The number of fused-ring (bicyclic) bond motifs is 7. The van der Waals surface area contributed by atoms with E-state index in [1.165, 1.54) is 22.0 Å². The number of rotatable bonds is 4. The Labute approximate surface area is 355 Å². The van der Waals surface area contributed by atoms with Gasteiger partial charge < -0.3 is 28.1 Å². The highest BCUT2D eigenvalue weighted by Gasteiger charge is 2.44. The first kappa shape index (κ1) is 35.8. The molecular weight excluding hydrogens is 751 g/mol. The minimum absolute atomic E-state index is 0.0471. The van der Waals surface area contributed by atoms with E-state index in [4.69, 9.17) is 18.3 Å². The maximum atomic E-state index is 6.53. The van der Waals surface area contributed by atoms with Crippen molar-refractivity contribution < 1.29 is 18.3 Å². The summed E-state index contributed by atoms with van der Waals surface area (Å²) in [6.07, 6.45) is 0.851. The summed E-state index contributed by atoms with van der Waals surface area (Å²) < 4.78 is 25.4. The van der Waals surface area contributed by atoms with E-state index in [-0.39, 0.29) is 12.1 Å². The lowest BCUT2D eigenvalue weighted by molar-refractivity contribution is 0.297. The van der Waals surface area contributed by atoms with E-state index in [9.17, 15) is 0 Å². The molecule has 0 unspecified atom stereocenters. The number of nitrogens with zero attached hydrogens (tertiary/aromatic N) is 2. The summed E-state index contributed by atoms with van der Waals surface area (Å²) >= 11 is 0. The third-order valence-corrected chi connectivity index (χ3v) is 12.6. The second kappa shape index (κ2) is 13.4. The Morgan fingerprint density at radius 2 is 1.16 bits per heavy atom. The minimum atomic E-state index is -0.0583. The van der Waals surface area contributed by atoms with Crippen LogP contribution in [0.4, 0.5) is 34.1 Å². The van der Waals surface area contributed by atoms with Gasteiger partial charge in [-0.2, -0.15) is 0 Å². The molecule has 7 heteroatoms.